The van der Waals surface area contributed by atoms with E-state index in [0.29, 0.717) is 32.0 Å². The summed E-state index contributed by atoms with van der Waals surface area (Å²) < 4.78 is 27.2. The van der Waals surface area contributed by atoms with Crippen molar-refractivity contribution < 1.29 is 28.6 Å². The fraction of sp³-hybridized carbons (Fsp3) is 0.531. The Bertz CT molecular complexity index is 1460. The predicted molar refractivity (Wildman–Crippen MR) is 167 cm³/mol. The van der Waals surface area contributed by atoms with E-state index >= 15 is 4.39 Å². The Hall–Kier alpha value is -3.41. The van der Waals surface area contributed by atoms with Gasteiger partial charge in [0.25, 0.3) is 5.91 Å². The number of nitrogens with zero attached hydrogens (tertiary/aromatic N) is 5. The molecule has 44 heavy (non-hydrogen) atoms. The number of ether oxygens (including phenoxy) is 2. The molecule has 0 radical (unpaired) electrons. The van der Waals surface area contributed by atoms with Gasteiger partial charge in [-0.2, -0.15) is 0 Å². The van der Waals surface area contributed by atoms with Gasteiger partial charge in [0.1, 0.15) is 40.3 Å². The first-order chi connectivity index (χ1) is 20.7. The van der Waals surface area contributed by atoms with Crippen molar-refractivity contribution in [1.82, 2.24) is 19.7 Å². The van der Waals surface area contributed by atoms with E-state index in [4.69, 9.17) is 26.1 Å². The summed E-state index contributed by atoms with van der Waals surface area (Å²) in [6, 6.07) is 3.62. The van der Waals surface area contributed by atoms with Crippen LogP contribution in [-0.2, 0) is 9.53 Å². The molecule has 1 aromatic heterocycles. The number of methoxy groups -OCH3 is 1. The highest BCUT2D eigenvalue weighted by Crippen LogP contribution is 2.48. The number of rotatable bonds is 7. The first-order valence-corrected chi connectivity index (χ1v) is 15.2. The van der Waals surface area contributed by atoms with E-state index < -0.39 is 17.4 Å². The SMILES string of the molecule is C=CC(=O)N1CCN2C(=O)c3c(N4CC(N(C)CC(C)(C)OC)CC4(C)C)nc(-c4c(O)cccc4F)c(Cl)c3OC[C@H]2C1. The molecule has 0 aliphatic carbocycles. The molecule has 238 valence electrons. The number of piperazine rings is 1. The van der Waals surface area contributed by atoms with Crippen LogP contribution >= 0.6 is 11.6 Å². The third-order valence-electron chi connectivity index (χ3n) is 9.09. The Morgan fingerprint density at radius 1 is 1.32 bits per heavy atom. The first kappa shape index (κ1) is 32.0. The third-order valence-corrected chi connectivity index (χ3v) is 9.44. The number of phenols is 1. The quantitative estimate of drug-likeness (QED) is 0.456. The maximum absolute atomic E-state index is 15.3. The van der Waals surface area contributed by atoms with Crippen LogP contribution in [0.2, 0.25) is 5.02 Å². The number of hydrogen-bond acceptors (Lipinski definition) is 8. The molecular weight excluding hydrogens is 589 g/mol. The van der Waals surface area contributed by atoms with Gasteiger partial charge in [-0.3, -0.25) is 14.5 Å². The number of amides is 2. The number of hydrogen-bond donors (Lipinski definition) is 1. The van der Waals surface area contributed by atoms with Gasteiger partial charge in [0.15, 0.2) is 5.75 Å². The molecule has 2 saturated heterocycles. The lowest BCUT2D eigenvalue weighted by Gasteiger charge is -2.40. The van der Waals surface area contributed by atoms with Crippen molar-refractivity contribution in [3.63, 3.8) is 0 Å². The third kappa shape index (κ3) is 5.73. The largest absolute Gasteiger partial charge is 0.507 e. The summed E-state index contributed by atoms with van der Waals surface area (Å²) in [6.07, 6.45) is 2.01. The number of aromatic hydroxyl groups is 1. The van der Waals surface area contributed by atoms with Crippen molar-refractivity contribution in [3.8, 4) is 22.8 Å². The second-order valence-corrected chi connectivity index (χ2v) is 13.4. The zero-order valence-electron chi connectivity index (χ0n) is 26.2. The van der Waals surface area contributed by atoms with Crippen LogP contribution in [0.3, 0.4) is 0 Å². The van der Waals surface area contributed by atoms with Gasteiger partial charge in [-0.25, -0.2) is 9.37 Å². The minimum absolute atomic E-state index is 0.0136. The normalized spacial score (nSPS) is 21.6. The molecule has 1 unspecified atom stereocenters. The fourth-order valence-electron chi connectivity index (χ4n) is 6.56. The average molecular weight is 630 g/mol. The number of carbonyl (C=O) groups excluding carboxylic acids is 2. The number of carbonyl (C=O) groups is 2. The van der Waals surface area contributed by atoms with Crippen LogP contribution in [0.25, 0.3) is 11.3 Å². The molecule has 0 bridgehead atoms. The van der Waals surface area contributed by atoms with Crippen molar-refractivity contribution in [2.24, 2.45) is 0 Å². The predicted octanol–water partition coefficient (Wildman–Crippen LogP) is 4.19. The number of benzene rings is 1. The van der Waals surface area contributed by atoms with E-state index in [-0.39, 0.29) is 70.0 Å². The number of pyridine rings is 1. The Morgan fingerprint density at radius 3 is 2.70 bits per heavy atom. The molecule has 3 aliphatic heterocycles. The van der Waals surface area contributed by atoms with Crippen molar-refractivity contribution in [2.75, 3.05) is 58.4 Å². The maximum atomic E-state index is 15.3. The van der Waals surface area contributed by atoms with Crippen LogP contribution in [0.1, 0.15) is 44.5 Å². The molecule has 4 heterocycles. The lowest BCUT2D eigenvalue weighted by molar-refractivity contribution is -0.128. The van der Waals surface area contributed by atoms with E-state index in [1.165, 1.54) is 24.3 Å². The minimum atomic E-state index is -0.707. The van der Waals surface area contributed by atoms with E-state index in [1.54, 1.807) is 16.9 Å². The summed E-state index contributed by atoms with van der Waals surface area (Å²) >= 11 is 6.91. The van der Waals surface area contributed by atoms with E-state index in [9.17, 15) is 14.7 Å². The summed E-state index contributed by atoms with van der Waals surface area (Å²) in [5.41, 5.74) is -0.838. The summed E-state index contributed by atoms with van der Waals surface area (Å²) in [5.74, 6) is -1.19. The lowest BCUT2D eigenvalue weighted by Crippen LogP contribution is -2.57. The lowest BCUT2D eigenvalue weighted by atomic mass is 9.98. The molecule has 12 heteroatoms. The molecule has 2 aromatic rings. The van der Waals surface area contributed by atoms with Crippen LogP contribution < -0.4 is 9.64 Å². The topological polar surface area (TPSA) is 98.7 Å². The maximum Gasteiger partial charge on any atom is 0.261 e. The molecule has 1 N–H and O–H groups in total. The zero-order valence-corrected chi connectivity index (χ0v) is 26.9. The highest BCUT2D eigenvalue weighted by molar-refractivity contribution is 6.35. The molecule has 1 aromatic carbocycles. The van der Waals surface area contributed by atoms with Gasteiger partial charge in [-0.15, -0.1) is 0 Å². The summed E-state index contributed by atoms with van der Waals surface area (Å²) in [7, 11) is 3.74. The van der Waals surface area contributed by atoms with E-state index in [2.05, 4.69) is 30.2 Å². The van der Waals surface area contributed by atoms with Crippen molar-refractivity contribution in [2.45, 2.75) is 57.3 Å². The van der Waals surface area contributed by atoms with Crippen molar-refractivity contribution in [3.05, 3.63) is 47.3 Å². The smallest absolute Gasteiger partial charge is 0.261 e. The van der Waals surface area contributed by atoms with Gasteiger partial charge in [-0.1, -0.05) is 24.2 Å². The van der Waals surface area contributed by atoms with E-state index in [0.717, 1.165) is 6.42 Å². The number of anilines is 1. The monoisotopic (exact) mass is 629 g/mol. The zero-order chi connectivity index (χ0) is 32.1. The van der Waals surface area contributed by atoms with Crippen LogP contribution in [0.4, 0.5) is 10.2 Å². The van der Waals surface area contributed by atoms with Crippen LogP contribution in [0, 0.1) is 5.82 Å². The second-order valence-electron chi connectivity index (χ2n) is 13.0. The first-order valence-electron chi connectivity index (χ1n) is 14.8. The number of likely N-dealkylation sites (N-methyl/N-ethyl adjacent to an activating group) is 1. The van der Waals surface area contributed by atoms with Crippen molar-refractivity contribution >= 4 is 29.2 Å². The van der Waals surface area contributed by atoms with Gasteiger partial charge in [0.2, 0.25) is 5.91 Å². The number of aromatic nitrogens is 1. The van der Waals surface area contributed by atoms with Gasteiger partial charge in [-0.05, 0) is 59.4 Å². The molecule has 0 saturated carbocycles. The fourth-order valence-corrected chi connectivity index (χ4v) is 6.84. The molecule has 5 rings (SSSR count). The number of fused-ring (bicyclic) bond motifs is 2. The number of halogens is 2. The van der Waals surface area contributed by atoms with Crippen LogP contribution in [0.15, 0.2) is 30.9 Å². The average Bonchev–Trinajstić information content (AvgIpc) is 3.22. The Balaban J connectivity index is 1.64. The molecule has 3 aliphatic rings. The Kier molecular flexibility index (Phi) is 8.60. The Labute approximate surface area is 263 Å². The minimum Gasteiger partial charge on any atom is -0.507 e. The molecule has 10 nitrogen and oxygen atoms in total. The highest BCUT2D eigenvalue weighted by Gasteiger charge is 2.46. The van der Waals surface area contributed by atoms with Gasteiger partial charge in [0, 0.05) is 51.4 Å². The van der Waals surface area contributed by atoms with Crippen LogP contribution in [0.5, 0.6) is 11.5 Å². The number of phenolic OH excluding ortho intramolecular Hbond substituents is 1. The highest BCUT2D eigenvalue weighted by atomic mass is 35.5. The second kappa shape index (κ2) is 11.8. The van der Waals surface area contributed by atoms with Gasteiger partial charge < -0.3 is 29.3 Å². The molecule has 2 fully saturated rings. The van der Waals surface area contributed by atoms with E-state index in [1.807, 2.05) is 20.9 Å². The van der Waals surface area contributed by atoms with Gasteiger partial charge in [0.05, 0.1) is 17.2 Å². The molecule has 0 spiro atoms. The van der Waals surface area contributed by atoms with Gasteiger partial charge >= 0.3 is 0 Å². The molecule has 2 amide bonds. The standard InChI is InChI=1S/C32H41ClFN5O5/c1-8-23(41)37-12-13-38-20(15-37)17-44-28-25(30(38)42)29(35-27(26(28)33)24-21(34)10-9-11-22(24)40)39-16-19(14-31(39,2)3)36(6)18-32(4,5)43-7/h8-11,19-20,40H,1,12-18H2,2-7H3/t19?,20-/m1/s1. The molecule has 2 atom stereocenters. The molecular formula is C32H41ClFN5O5. The van der Waals surface area contributed by atoms with Crippen LogP contribution in [-0.4, -0.2) is 113 Å². The Morgan fingerprint density at radius 2 is 2.05 bits per heavy atom. The summed E-state index contributed by atoms with van der Waals surface area (Å²) in [4.78, 5) is 39.3. The van der Waals surface area contributed by atoms with Crippen molar-refractivity contribution in [1.29, 1.82) is 0 Å². The summed E-state index contributed by atoms with van der Waals surface area (Å²) in [6.45, 7) is 14.0. The summed E-state index contributed by atoms with van der Waals surface area (Å²) in [5, 5.41) is 10.7.